The lowest BCUT2D eigenvalue weighted by molar-refractivity contribution is 0.0895. The van der Waals surface area contributed by atoms with Crippen molar-refractivity contribution >= 4 is 10.9 Å². The summed E-state index contributed by atoms with van der Waals surface area (Å²) in [6.07, 6.45) is 7.06. The number of hydrogen-bond acceptors (Lipinski definition) is 4. The number of fused-ring (bicyclic) bond motifs is 1. The zero-order valence-corrected chi connectivity index (χ0v) is 21.3. The Morgan fingerprint density at radius 2 is 1.79 bits per heavy atom. The number of nitrogens with zero attached hydrogens (tertiary/aromatic N) is 3. The van der Waals surface area contributed by atoms with Crippen molar-refractivity contribution in [2.75, 3.05) is 39.8 Å². The van der Waals surface area contributed by atoms with Gasteiger partial charge in [0.1, 0.15) is 0 Å². The predicted molar refractivity (Wildman–Crippen MR) is 141 cm³/mol. The van der Waals surface area contributed by atoms with Crippen LogP contribution in [0, 0.1) is 0 Å². The molecule has 5 nitrogen and oxygen atoms in total. The summed E-state index contributed by atoms with van der Waals surface area (Å²) < 4.78 is 5.38. The molecule has 0 radical (unpaired) electrons. The summed E-state index contributed by atoms with van der Waals surface area (Å²) in [5.41, 5.74) is 6.45. The van der Waals surface area contributed by atoms with Crippen LogP contribution >= 0.6 is 0 Å². The number of aromatic amines is 1. The summed E-state index contributed by atoms with van der Waals surface area (Å²) in [5, 5.41) is 1.37. The Bertz CT molecular complexity index is 1100. The number of ether oxygens (including phenoxy) is 1. The minimum absolute atomic E-state index is 0.425. The molecule has 5 rings (SSSR count). The second kappa shape index (κ2) is 10.1. The summed E-state index contributed by atoms with van der Waals surface area (Å²) in [6.45, 7) is 13.1. The van der Waals surface area contributed by atoms with Crippen molar-refractivity contribution in [1.82, 2.24) is 19.8 Å². The third-order valence-electron chi connectivity index (χ3n) is 8.19. The maximum absolute atomic E-state index is 5.38. The van der Waals surface area contributed by atoms with Gasteiger partial charge in [-0.1, -0.05) is 26.8 Å². The van der Waals surface area contributed by atoms with Crippen LogP contribution in [0.1, 0.15) is 69.4 Å². The Labute approximate surface area is 204 Å². The molecule has 5 heteroatoms. The van der Waals surface area contributed by atoms with Gasteiger partial charge in [0.05, 0.1) is 12.8 Å². The first kappa shape index (κ1) is 23.4. The molecular formula is C29H40N4O. The van der Waals surface area contributed by atoms with Gasteiger partial charge in [-0.3, -0.25) is 0 Å². The SMILES string of the molecule is CCN1CCC(N2CCC(c3ccc4[nH]c(-c5ccnc(OC)c5)c(C(C)C)c4c3)CC2)CC1. The zero-order chi connectivity index (χ0) is 23.7. The lowest BCUT2D eigenvalue weighted by Crippen LogP contribution is -2.47. The molecule has 2 aromatic heterocycles. The van der Waals surface area contributed by atoms with Crippen LogP contribution in [0.5, 0.6) is 5.88 Å². The molecule has 1 N–H and O–H groups in total. The van der Waals surface area contributed by atoms with Gasteiger partial charge in [-0.05, 0) is 99.6 Å². The molecule has 2 aliphatic rings. The van der Waals surface area contributed by atoms with Crippen LogP contribution in [0.25, 0.3) is 22.2 Å². The van der Waals surface area contributed by atoms with E-state index in [1.165, 1.54) is 86.1 Å². The molecule has 0 spiro atoms. The minimum atomic E-state index is 0.425. The number of piperidine rings is 2. The number of nitrogens with one attached hydrogen (secondary N) is 1. The van der Waals surface area contributed by atoms with Crippen molar-refractivity contribution in [2.45, 2.75) is 64.3 Å². The van der Waals surface area contributed by atoms with Crippen molar-refractivity contribution in [3.63, 3.8) is 0 Å². The zero-order valence-electron chi connectivity index (χ0n) is 21.3. The molecule has 0 amide bonds. The molecule has 0 unspecified atom stereocenters. The fraction of sp³-hybridized carbons (Fsp3) is 0.552. The van der Waals surface area contributed by atoms with Gasteiger partial charge >= 0.3 is 0 Å². The standard InChI is InChI=1S/C29H40N4O/c1-5-32-14-11-24(12-15-32)33-16-9-21(10-17-33)22-6-7-26-25(18-22)28(20(2)3)29(31-26)23-8-13-30-27(19-23)34-4/h6-8,13,18-21,24,31H,5,9-12,14-17H2,1-4H3. The van der Waals surface area contributed by atoms with Gasteiger partial charge in [-0.25, -0.2) is 4.98 Å². The van der Waals surface area contributed by atoms with Gasteiger partial charge in [0.25, 0.3) is 0 Å². The van der Waals surface area contributed by atoms with Crippen LogP contribution < -0.4 is 4.74 Å². The van der Waals surface area contributed by atoms with Crippen LogP contribution in [-0.2, 0) is 0 Å². The molecule has 34 heavy (non-hydrogen) atoms. The molecule has 4 heterocycles. The predicted octanol–water partition coefficient (Wildman–Crippen LogP) is 6.03. The third-order valence-corrected chi connectivity index (χ3v) is 8.19. The van der Waals surface area contributed by atoms with Crippen molar-refractivity contribution < 1.29 is 4.74 Å². The molecule has 0 aliphatic carbocycles. The van der Waals surface area contributed by atoms with E-state index in [4.69, 9.17) is 4.74 Å². The Morgan fingerprint density at radius 3 is 2.47 bits per heavy atom. The summed E-state index contributed by atoms with van der Waals surface area (Å²) in [4.78, 5) is 13.4. The molecule has 182 valence electrons. The first-order valence-electron chi connectivity index (χ1n) is 13.2. The lowest BCUT2D eigenvalue weighted by Gasteiger charge is -2.41. The maximum atomic E-state index is 5.38. The average Bonchev–Trinajstić information content (AvgIpc) is 3.28. The third kappa shape index (κ3) is 4.60. The van der Waals surface area contributed by atoms with Gasteiger partial charge in [-0.15, -0.1) is 0 Å². The monoisotopic (exact) mass is 460 g/mol. The maximum Gasteiger partial charge on any atom is 0.213 e. The highest BCUT2D eigenvalue weighted by Gasteiger charge is 2.29. The summed E-state index contributed by atoms with van der Waals surface area (Å²) in [7, 11) is 1.67. The largest absolute Gasteiger partial charge is 0.481 e. The first-order chi connectivity index (χ1) is 16.6. The topological polar surface area (TPSA) is 44.4 Å². The highest BCUT2D eigenvalue weighted by atomic mass is 16.5. The van der Waals surface area contributed by atoms with E-state index in [1.807, 2.05) is 12.3 Å². The van der Waals surface area contributed by atoms with Crippen LogP contribution in [0.15, 0.2) is 36.5 Å². The fourth-order valence-electron chi connectivity index (χ4n) is 6.19. The van der Waals surface area contributed by atoms with Gasteiger partial charge in [0, 0.05) is 34.8 Å². The van der Waals surface area contributed by atoms with E-state index >= 15 is 0 Å². The van der Waals surface area contributed by atoms with Crippen molar-refractivity contribution in [1.29, 1.82) is 0 Å². The number of H-pyrrole nitrogens is 1. The average molecular weight is 461 g/mol. The molecule has 0 saturated carbocycles. The van der Waals surface area contributed by atoms with Crippen molar-refractivity contribution in [2.24, 2.45) is 0 Å². The molecule has 2 aliphatic heterocycles. The molecule has 2 fully saturated rings. The molecule has 0 atom stereocenters. The van der Waals surface area contributed by atoms with Crippen LogP contribution in [0.2, 0.25) is 0 Å². The number of rotatable bonds is 6. The van der Waals surface area contributed by atoms with Crippen LogP contribution in [0.3, 0.4) is 0 Å². The van der Waals surface area contributed by atoms with E-state index in [0.29, 0.717) is 17.7 Å². The highest BCUT2D eigenvalue weighted by molar-refractivity contribution is 5.92. The summed E-state index contributed by atoms with van der Waals surface area (Å²) >= 11 is 0. The van der Waals surface area contributed by atoms with E-state index in [2.05, 4.69) is 64.8 Å². The number of pyridine rings is 1. The second-order valence-corrected chi connectivity index (χ2v) is 10.4. The molecule has 1 aromatic carbocycles. The highest BCUT2D eigenvalue weighted by Crippen LogP contribution is 2.39. The van der Waals surface area contributed by atoms with Gasteiger partial charge < -0.3 is 19.5 Å². The van der Waals surface area contributed by atoms with Crippen molar-refractivity contribution in [3.05, 3.63) is 47.7 Å². The Balaban J connectivity index is 1.36. The lowest BCUT2D eigenvalue weighted by atomic mass is 9.86. The van der Waals surface area contributed by atoms with E-state index in [1.54, 1.807) is 7.11 Å². The Morgan fingerprint density at radius 1 is 1.03 bits per heavy atom. The number of methoxy groups -OCH3 is 1. The molecule has 0 bridgehead atoms. The quantitative estimate of drug-likeness (QED) is 0.488. The molecular weight excluding hydrogens is 420 g/mol. The number of likely N-dealkylation sites (tertiary alicyclic amines) is 2. The number of hydrogen-bond donors (Lipinski definition) is 1. The van der Waals surface area contributed by atoms with Gasteiger partial charge in [0.15, 0.2) is 0 Å². The van der Waals surface area contributed by atoms with E-state index in [-0.39, 0.29) is 0 Å². The Kier molecular flexibility index (Phi) is 6.94. The van der Waals surface area contributed by atoms with E-state index in [9.17, 15) is 0 Å². The van der Waals surface area contributed by atoms with Crippen LogP contribution in [0.4, 0.5) is 0 Å². The number of aromatic nitrogens is 2. The van der Waals surface area contributed by atoms with E-state index < -0.39 is 0 Å². The molecule has 2 saturated heterocycles. The normalized spacial score (nSPS) is 19.3. The summed E-state index contributed by atoms with van der Waals surface area (Å²) in [5.74, 6) is 1.74. The van der Waals surface area contributed by atoms with Crippen LogP contribution in [-0.4, -0.2) is 65.6 Å². The van der Waals surface area contributed by atoms with Crippen molar-refractivity contribution in [3.8, 4) is 17.1 Å². The summed E-state index contributed by atoms with van der Waals surface area (Å²) in [6, 6.07) is 12.0. The van der Waals surface area contributed by atoms with E-state index in [0.717, 1.165) is 11.6 Å². The van der Waals surface area contributed by atoms with Gasteiger partial charge in [-0.2, -0.15) is 0 Å². The first-order valence-corrected chi connectivity index (χ1v) is 13.2. The fourth-order valence-corrected chi connectivity index (χ4v) is 6.19. The minimum Gasteiger partial charge on any atom is -0.481 e. The second-order valence-electron chi connectivity index (χ2n) is 10.4. The van der Waals surface area contributed by atoms with Gasteiger partial charge in [0.2, 0.25) is 5.88 Å². The number of benzene rings is 1. The molecule has 3 aromatic rings. The smallest absolute Gasteiger partial charge is 0.213 e. The Hall–Kier alpha value is -2.37.